The Morgan fingerprint density at radius 1 is 1.64 bits per heavy atom. The van der Waals surface area contributed by atoms with Gasteiger partial charge in [-0.1, -0.05) is 18.7 Å². The number of hydrogen-bond donors (Lipinski definition) is 1. The second-order valence-electron chi connectivity index (χ2n) is 2.71. The van der Waals surface area contributed by atoms with Crippen molar-refractivity contribution in [2.75, 3.05) is 6.54 Å². The Morgan fingerprint density at radius 2 is 2.36 bits per heavy atom. The molecule has 2 nitrogen and oxygen atoms in total. The summed E-state index contributed by atoms with van der Waals surface area (Å²) in [4.78, 5) is 10.6. The highest BCUT2D eigenvalue weighted by atomic mass is 16.1. The molecule has 0 unspecified atom stereocenters. The lowest BCUT2D eigenvalue weighted by Crippen LogP contribution is -2.20. The van der Waals surface area contributed by atoms with Crippen molar-refractivity contribution in [1.29, 1.82) is 0 Å². The minimum atomic E-state index is -0.106. The predicted molar refractivity (Wildman–Crippen MR) is 45.1 cm³/mol. The van der Waals surface area contributed by atoms with E-state index in [0.29, 0.717) is 6.54 Å². The maximum atomic E-state index is 10.6. The zero-order valence-electron chi connectivity index (χ0n) is 6.55. The molecule has 0 aliphatic heterocycles. The van der Waals surface area contributed by atoms with Gasteiger partial charge in [0.15, 0.2) is 0 Å². The van der Waals surface area contributed by atoms with Gasteiger partial charge in [-0.15, -0.1) is 0 Å². The van der Waals surface area contributed by atoms with Crippen LogP contribution in [0.3, 0.4) is 0 Å². The van der Waals surface area contributed by atoms with E-state index in [0.717, 1.165) is 5.92 Å². The zero-order valence-corrected chi connectivity index (χ0v) is 6.55. The zero-order chi connectivity index (χ0) is 8.10. The molecule has 1 fully saturated rings. The minimum Gasteiger partial charge on any atom is -0.349 e. The fourth-order valence-corrected chi connectivity index (χ4v) is 0.781. The summed E-state index contributed by atoms with van der Waals surface area (Å²) >= 11 is 0. The highest BCUT2D eigenvalue weighted by Crippen LogP contribution is 2.29. The standard InChI is InChI=1S/C9H13NO/c1-2-9(11)10-7-3-4-8-5-6-8/h2-4,8H,1,5-7H2,(H,10,11). The van der Waals surface area contributed by atoms with Crippen LogP contribution in [0.4, 0.5) is 0 Å². The third-order valence-corrected chi connectivity index (χ3v) is 1.61. The molecule has 1 saturated carbocycles. The first-order valence-corrected chi connectivity index (χ1v) is 3.90. The molecular weight excluding hydrogens is 138 g/mol. The Balaban J connectivity index is 2.02. The number of amides is 1. The molecule has 0 bridgehead atoms. The van der Waals surface area contributed by atoms with Crippen LogP contribution in [0.25, 0.3) is 0 Å². The second-order valence-corrected chi connectivity index (χ2v) is 2.71. The number of carbonyl (C=O) groups is 1. The van der Waals surface area contributed by atoms with E-state index in [1.807, 2.05) is 6.08 Å². The average Bonchev–Trinajstić information content (AvgIpc) is 2.81. The molecular formula is C9H13NO. The molecule has 1 rings (SSSR count). The SMILES string of the molecule is C=CC(=O)NCC=CC1CC1. The lowest BCUT2D eigenvalue weighted by Gasteiger charge is -1.93. The summed E-state index contributed by atoms with van der Waals surface area (Å²) in [7, 11) is 0. The highest BCUT2D eigenvalue weighted by molar-refractivity contribution is 5.86. The van der Waals surface area contributed by atoms with Gasteiger partial charge in [-0.25, -0.2) is 0 Å². The first kappa shape index (κ1) is 8.05. The average molecular weight is 151 g/mol. The fourth-order valence-electron chi connectivity index (χ4n) is 0.781. The predicted octanol–water partition coefficient (Wildman–Crippen LogP) is 1.25. The third-order valence-electron chi connectivity index (χ3n) is 1.61. The normalized spacial score (nSPS) is 16.7. The van der Waals surface area contributed by atoms with Crippen molar-refractivity contribution in [2.24, 2.45) is 5.92 Å². The molecule has 0 aromatic heterocycles. The van der Waals surface area contributed by atoms with Gasteiger partial charge >= 0.3 is 0 Å². The maximum Gasteiger partial charge on any atom is 0.243 e. The van der Waals surface area contributed by atoms with Gasteiger partial charge in [-0.2, -0.15) is 0 Å². The van der Waals surface area contributed by atoms with Crippen molar-refractivity contribution in [3.63, 3.8) is 0 Å². The van der Waals surface area contributed by atoms with Gasteiger partial charge in [0.1, 0.15) is 0 Å². The molecule has 0 heterocycles. The van der Waals surface area contributed by atoms with E-state index in [-0.39, 0.29) is 5.91 Å². The van der Waals surface area contributed by atoms with E-state index in [4.69, 9.17) is 0 Å². The summed E-state index contributed by atoms with van der Waals surface area (Å²) in [6.07, 6.45) is 8.06. The first-order valence-electron chi connectivity index (χ1n) is 3.90. The molecule has 0 saturated heterocycles. The number of nitrogens with one attached hydrogen (secondary N) is 1. The van der Waals surface area contributed by atoms with Gasteiger partial charge < -0.3 is 5.32 Å². The molecule has 1 aliphatic carbocycles. The second kappa shape index (κ2) is 3.96. The van der Waals surface area contributed by atoms with E-state index < -0.39 is 0 Å². The molecule has 60 valence electrons. The molecule has 1 amide bonds. The molecule has 0 radical (unpaired) electrons. The Morgan fingerprint density at radius 3 is 2.91 bits per heavy atom. The van der Waals surface area contributed by atoms with E-state index in [9.17, 15) is 4.79 Å². The fraction of sp³-hybridized carbons (Fsp3) is 0.444. The van der Waals surface area contributed by atoms with Crippen LogP contribution >= 0.6 is 0 Å². The Hall–Kier alpha value is -1.05. The Kier molecular flexibility index (Phi) is 2.90. The largest absolute Gasteiger partial charge is 0.349 e. The van der Waals surface area contributed by atoms with Crippen molar-refractivity contribution >= 4 is 5.91 Å². The van der Waals surface area contributed by atoms with Crippen molar-refractivity contribution in [1.82, 2.24) is 5.32 Å². The lowest BCUT2D eigenvalue weighted by atomic mass is 10.3. The van der Waals surface area contributed by atoms with E-state index in [1.165, 1.54) is 18.9 Å². The summed E-state index contributed by atoms with van der Waals surface area (Å²) in [6.45, 7) is 3.98. The summed E-state index contributed by atoms with van der Waals surface area (Å²) in [5.41, 5.74) is 0. The van der Waals surface area contributed by atoms with E-state index >= 15 is 0 Å². The lowest BCUT2D eigenvalue weighted by molar-refractivity contribution is -0.116. The highest BCUT2D eigenvalue weighted by Gasteiger charge is 2.16. The van der Waals surface area contributed by atoms with Gasteiger partial charge in [0.2, 0.25) is 5.91 Å². The van der Waals surface area contributed by atoms with E-state index in [2.05, 4.69) is 18.0 Å². The van der Waals surface area contributed by atoms with Crippen LogP contribution in [0.1, 0.15) is 12.8 Å². The molecule has 0 atom stereocenters. The molecule has 1 N–H and O–H groups in total. The summed E-state index contributed by atoms with van der Waals surface area (Å²) in [5, 5.41) is 2.67. The van der Waals surface area contributed by atoms with Crippen LogP contribution in [0.2, 0.25) is 0 Å². The maximum absolute atomic E-state index is 10.6. The van der Waals surface area contributed by atoms with Crippen LogP contribution in [0.15, 0.2) is 24.8 Å². The number of allylic oxidation sites excluding steroid dienone is 1. The molecule has 11 heavy (non-hydrogen) atoms. The van der Waals surface area contributed by atoms with Crippen LogP contribution < -0.4 is 5.32 Å². The van der Waals surface area contributed by atoms with Crippen LogP contribution in [-0.4, -0.2) is 12.5 Å². The monoisotopic (exact) mass is 151 g/mol. The Bertz CT molecular complexity index is 180. The molecule has 1 aliphatic rings. The number of hydrogen-bond acceptors (Lipinski definition) is 1. The van der Waals surface area contributed by atoms with Gasteiger partial charge in [0, 0.05) is 6.54 Å². The summed E-state index contributed by atoms with van der Waals surface area (Å²) in [6, 6.07) is 0. The molecule has 0 aromatic rings. The number of carbonyl (C=O) groups excluding carboxylic acids is 1. The van der Waals surface area contributed by atoms with Crippen molar-refractivity contribution < 1.29 is 4.79 Å². The van der Waals surface area contributed by atoms with Gasteiger partial charge in [0.05, 0.1) is 0 Å². The summed E-state index contributed by atoms with van der Waals surface area (Å²) < 4.78 is 0. The van der Waals surface area contributed by atoms with Crippen molar-refractivity contribution in [3.8, 4) is 0 Å². The van der Waals surface area contributed by atoms with Gasteiger partial charge in [-0.3, -0.25) is 4.79 Å². The van der Waals surface area contributed by atoms with Gasteiger partial charge in [-0.05, 0) is 24.8 Å². The smallest absolute Gasteiger partial charge is 0.243 e. The topological polar surface area (TPSA) is 29.1 Å². The quantitative estimate of drug-likeness (QED) is 0.475. The van der Waals surface area contributed by atoms with Crippen LogP contribution in [0, 0.1) is 5.92 Å². The number of rotatable bonds is 4. The summed E-state index contributed by atoms with van der Waals surface area (Å²) in [5.74, 6) is 0.682. The van der Waals surface area contributed by atoms with Gasteiger partial charge in [0.25, 0.3) is 0 Å². The minimum absolute atomic E-state index is 0.106. The van der Waals surface area contributed by atoms with Crippen LogP contribution in [0.5, 0.6) is 0 Å². The third kappa shape index (κ3) is 3.61. The Labute approximate surface area is 67.0 Å². The van der Waals surface area contributed by atoms with E-state index in [1.54, 1.807) is 0 Å². The first-order chi connectivity index (χ1) is 5.33. The van der Waals surface area contributed by atoms with Crippen molar-refractivity contribution in [3.05, 3.63) is 24.8 Å². The molecule has 0 aromatic carbocycles. The molecule has 0 spiro atoms. The molecule has 2 heteroatoms. The van der Waals surface area contributed by atoms with Crippen molar-refractivity contribution in [2.45, 2.75) is 12.8 Å². The van der Waals surface area contributed by atoms with Crippen LogP contribution in [-0.2, 0) is 4.79 Å².